The average Bonchev–Trinajstić information content (AvgIpc) is 2.60. The van der Waals surface area contributed by atoms with Gasteiger partial charge in [-0.25, -0.2) is 12.7 Å². The van der Waals surface area contributed by atoms with Crippen molar-refractivity contribution < 1.29 is 8.42 Å². The van der Waals surface area contributed by atoms with Crippen molar-refractivity contribution in [2.45, 2.75) is 19.8 Å². The Hall–Kier alpha value is -0.100. The predicted octanol–water partition coefficient (Wildman–Crippen LogP) is 0.985. The van der Waals surface area contributed by atoms with Crippen molar-refractivity contribution in [3.05, 3.63) is 12.7 Å². The van der Waals surface area contributed by atoms with E-state index in [1.807, 2.05) is 6.92 Å². The van der Waals surface area contributed by atoms with Crippen LogP contribution in [0.5, 0.6) is 0 Å². The van der Waals surface area contributed by atoms with E-state index in [4.69, 9.17) is 5.73 Å². The highest BCUT2D eigenvalue weighted by Gasteiger charge is 2.37. The molecule has 96 valence electrons. The summed E-state index contributed by atoms with van der Waals surface area (Å²) in [6, 6.07) is 0. The Labute approximate surface area is 104 Å². The molecule has 1 saturated heterocycles. The Morgan fingerprint density at radius 2 is 2.19 bits per heavy atom. The van der Waals surface area contributed by atoms with Gasteiger partial charge in [-0.15, -0.1) is 19.0 Å². The molecule has 2 N–H and O–H groups in total. The Balaban J connectivity index is 0.00000225. The molecule has 0 aromatic rings. The van der Waals surface area contributed by atoms with Crippen molar-refractivity contribution in [1.29, 1.82) is 0 Å². The summed E-state index contributed by atoms with van der Waals surface area (Å²) in [4.78, 5) is 0. The van der Waals surface area contributed by atoms with E-state index < -0.39 is 10.0 Å². The van der Waals surface area contributed by atoms with Crippen LogP contribution in [0.4, 0.5) is 0 Å². The lowest BCUT2D eigenvalue weighted by Crippen LogP contribution is -2.35. The first-order chi connectivity index (χ1) is 6.93. The van der Waals surface area contributed by atoms with Gasteiger partial charge in [0.05, 0.1) is 5.75 Å². The Kier molecular flexibility index (Phi) is 5.96. The maximum absolute atomic E-state index is 11.8. The average molecular weight is 269 g/mol. The van der Waals surface area contributed by atoms with Crippen LogP contribution in [-0.4, -0.2) is 38.1 Å². The molecule has 16 heavy (non-hydrogen) atoms. The van der Waals surface area contributed by atoms with Crippen LogP contribution < -0.4 is 5.73 Å². The third-order valence-electron chi connectivity index (χ3n) is 2.99. The smallest absolute Gasteiger partial charge is 0.214 e. The SMILES string of the molecule is C=CCCS(=O)(=O)N1CCC(C)(CN)C1.Cl. The second-order valence-corrected chi connectivity index (χ2v) is 6.58. The van der Waals surface area contributed by atoms with Crippen LogP contribution in [0.3, 0.4) is 0 Å². The van der Waals surface area contributed by atoms with Gasteiger partial charge in [-0.3, -0.25) is 0 Å². The zero-order chi connectivity index (χ0) is 11.5. The molecule has 1 heterocycles. The third kappa shape index (κ3) is 3.73. The second kappa shape index (κ2) is 6.00. The molecule has 1 fully saturated rings. The number of hydrogen-bond acceptors (Lipinski definition) is 3. The van der Waals surface area contributed by atoms with E-state index in [2.05, 4.69) is 6.58 Å². The van der Waals surface area contributed by atoms with Gasteiger partial charge in [0.25, 0.3) is 0 Å². The number of hydrogen-bond donors (Lipinski definition) is 1. The Morgan fingerprint density at radius 3 is 2.62 bits per heavy atom. The normalized spacial score (nSPS) is 26.4. The number of sulfonamides is 1. The predicted molar refractivity (Wildman–Crippen MR) is 69.2 cm³/mol. The van der Waals surface area contributed by atoms with Crippen molar-refractivity contribution in [1.82, 2.24) is 4.31 Å². The van der Waals surface area contributed by atoms with E-state index in [-0.39, 0.29) is 23.6 Å². The first kappa shape index (κ1) is 15.9. The largest absolute Gasteiger partial charge is 0.330 e. The van der Waals surface area contributed by atoms with Gasteiger partial charge in [-0.05, 0) is 24.8 Å². The second-order valence-electron chi connectivity index (χ2n) is 4.49. The first-order valence-corrected chi connectivity index (χ1v) is 6.83. The van der Waals surface area contributed by atoms with Crippen LogP contribution in [0.25, 0.3) is 0 Å². The number of nitrogens with two attached hydrogens (primary N) is 1. The summed E-state index contributed by atoms with van der Waals surface area (Å²) in [5.74, 6) is 0.164. The summed E-state index contributed by atoms with van der Waals surface area (Å²) >= 11 is 0. The van der Waals surface area contributed by atoms with E-state index in [9.17, 15) is 8.42 Å². The molecule has 6 heteroatoms. The van der Waals surface area contributed by atoms with E-state index >= 15 is 0 Å². The summed E-state index contributed by atoms with van der Waals surface area (Å²) in [5.41, 5.74) is 5.60. The fraction of sp³-hybridized carbons (Fsp3) is 0.800. The van der Waals surface area contributed by atoms with Crippen LogP contribution in [0.15, 0.2) is 12.7 Å². The molecule has 1 atom stereocenters. The lowest BCUT2D eigenvalue weighted by molar-refractivity contribution is 0.350. The molecule has 0 aliphatic carbocycles. The molecular weight excluding hydrogens is 248 g/mol. The lowest BCUT2D eigenvalue weighted by Gasteiger charge is -2.22. The summed E-state index contributed by atoms with van der Waals surface area (Å²) in [6.45, 7) is 7.27. The van der Waals surface area contributed by atoms with Crippen LogP contribution in [0.1, 0.15) is 19.8 Å². The van der Waals surface area contributed by atoms with E-state index in [0.29, 0.717) is 26.1 Å². The molecule has 0 bridgehead atoms. The number of allylic oxidation sites excluding steroid dienone is 1. The quantitative estimate of drug-likeness (QED) is 0.756. The fourth-order valence-corrected chi connectivity index (χ4v) is 3.34. The molecule has 1 aliphatic rings. The monoisotopic (exact) mass is 268 g/mol. The third-order valence-corrected chi connectivity index (χ3v) is 4.84. The van der Waals surface area contributed by atoms with Crippen LogP contribution >= 0.6 is 12.4 Å². The van der Waals surface area contributed by atoms with Crippen molar-refractivity contribution in [3.8, 4) is 0 Å². The topological polar surface area (TPSA) is 63.4 Å². The minimum atomic E-state index is -3.10. The minimum Gasteiger partial charge on any atom is -0.330 e. The zero-order valence-electron chi connectivity index (χ0n) is 9.68. The summed E-state index contributed by atoms with van der Waals surface area (Å²) < 4.78 is 25.2. The number of nitrogens with zero attached hydrogens (tertiary/aromatic N) is 1. The van der Waals surface area contributed by atoms with Crippen molar-refractivity contribution in [2.75, 3.05) is 25.4 Å². The maximum Gasteiger partial charge on any atom is 0.214 e. The molecule has 1 unspecified atom stereocenters. The summed E-state index contributed by atoms with van der Waals surface area (Å²) in [6.07, 6.45) is 3.00. The van der Waals surface area contributed by atoms with Crippen LogP contribution in [0.2, 0.25) is 0 Å². The molecule has 1 aliphatic heterocycles. The van der Waals surface area contributed by atoms with Crippen LogP contribution in [-0.2, 0) is 10.0 Å². The zero-order valence-corrected chi connectivity index (χ0v) is 11.3. The van der Waals surface area contributed by atoms with Crippen molar-refractivity contribution >= 4 is 22.4 Å². The highest BCUT2D eigenvalue weighted by molar-refractivity contribution is 7.89. The lowest BCUT2D eigenvalue weighted by atomic mass is 9.90. The van der Waals surface area contributed by atoms with Crippen molar-refractivity contribution in [2.24, 2.45) is 11.1 Å². The van der Waals surface area contributed by atoms with E-state index in [1.54, 1.807) is 10.4 Å². The molecular formula is C10H21ClN2O2S. The van der Waals surface area contributed by atoms with Gasteiger partial charge in [0.1, 0.15) is 0 Å². The van der Waals surface area contributed by atoms with Gasteiger partial charge in [0.2, 0.25) is 10.0 Å². The Morgan fingerprint density at radius 1 is 1.56 bits per heavy atom. The van der Waals surface area contributed by atoms with E-state index in [0.717, 1.165) is 6.42 Å². The Bertz CT molecular complexity index is 332. The molecule has 0 aromatic carbocycles. The first-order valence-electron chi connectivity index (χ1n) is 5.22. The molecule has 1 rings (SSSR count). The van der Waals surface area contributed by atoms with Gasteiger partial charge < -0.3 is 5.73 Å². The summed E-state index contributed by atoms with van der Waals surface area (Å²) in [5, 5.41) is 0. The van der Waals surface area contributed by atoms with Gasteiger partial charge in [-0.2, -0.15) is 0 Å². The minimum absolute atomic E-state index is 0. The standard InChI is InChI=1S/C10H20N2O2S.ClH/c1-3-4-7-15(13,14)12-6-5-10(2,8-11)9-12;/h3H,1,4-9,11H2,2H3;1H. The van der Waals surface area contributed by atoms with Gasteiger partial charge in [0.15, 0.2) is 0 Å². The molecule has 0 radical (unpaired) electrons. The molecule has 4 nitrogen and oxygen atoms in total. The molecule has 0 saturated carbocycles. The highest BCUT2D eigenvalue weighted by Crippen LogP contribution is 2.30. The highest BCUT2D eigenvalue weighted by atomic mass is 35.5. The summed E-state index contributed by atoms with van der Waals surface area (Å²) in [7, 11) is -3.10. The van der Waals surface area contributed by atoms with Gasteiger partial charge in [0, 0.05) is 13.1 Å². The van der Waals surface area contributed by atoms with Crippen LogP contribution in [0, 0.1) is 5.41 Å². The fourth-order valence-electron chi connectivity index (χ4n) is 1.74. The molecule has 0 amide bonds. The van der Waals surface area contributed by atoms with Gasteiger partial charge in [-0.1, -0.05) is 13.0 Å². The maximum atomic E-state index is 11.8. The van der Waals surface area contributed by atoms with Gasteiger partial charge >= 0.3 is 0 Å². The number of rotatable bonds is 5. The van der Waals surface area contributed by atoms with Crippen molar-refractivity contribution in [3.63, 3.8) is 0 Å². The molecule has 0 spiro atoms. The number of halogens is 1. The molecule has 0 aromatic heterocycles. The van der Waals surface area contributed by atoms with E-state index in [1.165, 1.54) is 0 Å².